The summed E-state index contributed by atoms with van der Waals surface area (Å²) in [6.45, 7) is 3.13. The van der Waals surface area contributed by atoms with Crippen LogP contribution in [-0.4, -0.2) is 9.78 Å². The third-order valence-electron chi connectivity index (χ3n) is 3.06. The van der Waals surface area contributed by atoms with Crippen LogP contribution in [0.1, 0.15) is 58.3 Å². The van der Waals surface area contributed by atoms with Crippen LogP contribution in [0.15, 0.2) is 6.20 Å². The molecular formula is C13H24ClN3. The van der Waals surface area contributed by atoms with E-state index < -0.39 is 0 Å². The molecule has 0 unspecified atom stereocenters. The average Bonchev–Trinajstić information content (AvgIpc) is 2.64. The van der Waals surface area contributed by atoms with E-state index in [1.807, 2.05) is 0 Å². The second kappa shape index (κ2) is 8.40. The first-order valence-corrected chi connectivity index (χ1v) is 7.10. The van der Waals surface area contributed by atoms with Crippen LogP contribution in [0.25, 0.3) is 0 Å². The third kappa shape index (κ3) is 5.44. The molecule has 3 nitrogen and oxygen atoms in total. The number of aromatic nitrogens is 2. The lowest BCUT2D eigenvalue weighted by Crippen LogP contribution is -2.04. The number of aryl methyl sites for hydroxylation is 1. The van der Waals surface area contributed by atoms with E-state index in [1.54, 1.807) is 10.9 Å². The van der Waals surface area contributed by atoms with Crippen molar-refractivity contribution in [2.24, 2.45) is 0 Å². The summed E-state index contributed by atoms with van der Waals surface area (Å²) < 4.78 is 1.79. The third-order valence-corrected chi connectivity index (χ3v) is 3.35. The molecule has 1 heterocycles. The first kappa shape index (κ1) is 14.4. The summed E-state index contributed by atoms with van der Waals surface area (Å²) in [5.41, 5.74) is 5.77. The standard InChI is InChI=1S/C13H24ClN3/c1-2-3-4-5-6-7-8-9-10-17-13(15)12(14)11-16-17/h11H,2-10,15H2,1H3. The van der Waals surface area contributed by atoms with Gasteiger partial charge in [-0.15, -0.1) is 0 Å². The van der Waals surface area contributed by atoms with Crippen molar-refractivity contribution >= 4 is 17.4 Å². The van der Waals surface area contributed by atoms with Gasteiger partial charge in [0.1, 0.15) is 10.8 Å². The van der Waals surface area contributed by atoms with Gasteiger partial charge in [-0.3, -0.25) is 0 Å². The van der Waals surface area contributed by atoms with Crippen molar-refractivity contribution in [3.8, 4) is 0 Å². The highest BCUT2D eigenvalue weighted by Gasteiger charge is 2.03. The predicted molar refractivity (Wildman–Crippen MR) is 74.3 cm³/mol. The Morgan fingerprint density at radius 2 is 1.71 bits per heavy atom. The zero-order valence-electron chi connectivity index (χ0n) is 10.8. The lowest BCUT2D eigenvalue weighted by Gasteiger charge is -2.04. The monoisotopic (exact) mass is 257 g/mol. The highest BCUT2D eigenvalue weighted by Crippen LogP contribution is 2.17. The van der Waals surface area contributed by atoms with Crippen molar-refractivity contribution in [2.45, 2.75) is 64.8 Å². The molecule has 0 aromatic carbocycles. The van der Waals surface area contributed by atoms with E-state index in [9.17, 15) is 0 Å². The molecule has 0 bridgehead atoms. The molecule has 0 aliphatic rings. The largest absolute Gasteiger partial charge is 0.383 e. The van der Waals surface area contributed by atoms with Gasteiger partial charge in [0.05, 0.1) is 6.20 Å². The summed E-state index contributed by atoms with van der Waals surface area (Å²) >= 11 is 5.83. The topological polar surface area (TPSA) is 43.8 Å². The Bertz CT molecular complexity index is 310. The number of halogens is 1. The van der Waals surface area contributed by atoms with Gasteiger partial charge in [-0.25, -0.2) is 4.68 Å². The minimum atomic E-state index is 0.560. The van der Waals surface area contributed by atoms with Crippen molar-refractivity contribution in [1.82, 2.24) is 9.78 Å². The van der Waals surface area contributed by atoms with Crippen molar-refractivity contribution in [2.75, 3.05) is 5.73 Å². The Morgan fingerprint density at radius 3 is 2.24 bits per heavy atom. The van der Waals surface area contributed by atoms with Gasteiger partial charge in [0, 0.05) is 6.54 Å². The van der Waals surface area contributed by atoms with Crippen LogP contribution in [0.5, 0.6) is 0 Å². The highest BCUT2D eigenvalue weighted by molar-refractivity contribution is 6.32. The van der Waals surface area contributed by atoms with E-state index in [0.29, 0.717) is 10.8 Å². The normalized spacial score (nSPS) is 10.9. The van der Waals surface area contributed by atoms with Gasteiger partial charge in [0.15, 0.2) is 0 Å². The molecule has 0 aliphatic carbocycles. The number of rotatable bonds is 9. The minimum Gasteiger partial charge on any atom is -0.383 e. The first-order valence-electron chi connectivity index (χ1n) is 6.72. The van der Waals surface area contributed by atoms with Crippen molar-refractivity contribution in [3.05, 3.63) is 11.2 Å². The SMILES string of the molecule is CCCCCCCCCCn1ncc(Cl)c1N. The molecular weight excluding hydrogens is 234 g/mol. The van der Waals surface area contributed by atoms with Crippen LogP contribution < -0.4 is 5.73 Å². The van der Waals surface area contributed by atoms with Gasteiger partial charge in [-0.2, -0.15) is 5.10 Å². The van der Waals surface area contributed by atoms with Gasteiger partial charge in [0.2, 0.25) is 0 Å². The van der Waals surface area contributed by atoms with E-state index in [2.05, 4.69) is 12.0 Å². The molecule has 1 aromatic heterocycles. The Hall–Kier alpha value is -0.700. The van der Waals surface area contributed by atoms with Crippen LogP contribution in [0, 0.1) is 0 Å². The summed E-state index contributed by atoms with van der Waals surface area (Å²) in [5.74, 6) is 0.592. The summed E-state index contributed by atoms with van der Waals surface area (Å²) in [4.78, 5) is 0. The fraction of sp³-hybridized carbons (Fsp3) is 0.769. The van der Waals surface area contributed by atoms with E-state index >= 15 is 0 Å². The molecule has 1 rings (SSSR count). The molecule has 0 radical (unpaired) electrons. The van der Waals surface area contributed by atoms with Crippen LogP contribution >= 0.6 is 11.6 Å². The summed E-state index contributed by atoms with van der Waals surface area (Å²) in [6.07, 6.45) is 12.1. The van der Waals surface area contributed by atoms with E-state index in [4.69, 9.17) is 17.3 Å². The second-order valence-corrected chi connectivity index (χ2v) is 4.98. The quantitative estimate of drug-likeness (QED) is 0.672. The average molecular weight is 258 g/mol. The fourth-order valence-corrected chi connectivity index (χ4v) is 2.09. The minimum absolute atomic E-state index is 0.560. The maximum Gasteiger partial charge on any atom is 0.140 e. The lowest BCUT2D eigenvalue weighted by atomic mass is 10.1. The lowest BCUT2D eigenvalue weighted by molar-refractivity contribution is 0.524. The number of nitrogen functional groups attached to an aromatic ring is 1. The summed E-state index contributed by atoms with van der Waals surface area (Å²) in [5, 5.41) is 4.69. The zero-order chi connectivity index (χ0) is 12.5. The van der Waals surface area contributed by atoms with Gasteiger partial charge < -0.3 is 5.73 Å². The summed E-state index contributed by atoms with van der Waals surface area (Å²) in [6, 6.07) is 0. The Balaban J connectivity index is 1.99. The number of hydrogen-bond acceptors (Lipinski definition) is 2. The van der Waals surface area contributed by atoms with Crippen molar-refractivity contribution in [3.63, 3.8) is 0 Å². The van der Waals surface area contributed by atoms with Gasteiger partial charge in [0.25, 0.3) is 0 Å². The second-order valence-electron chi connectivity index (χ2n) is 4.58. The van der Waals surface area contributed by atoms with Crippen LogP contribution in [0.4, 0.5) is 5.82 Å². The van der Waals surface area contributed by atoms with Crippen molar-refractivity contribution in [1.29, 1.82) is 0 Å². The zero-order valence-corrected chi connectivity index (χ0v) is 11.5. The molecule has 0 atom stereocenters. The number of unbranched alkanes of at least 4 members (excludes halogenated alkanes) is 7. The molecule has 0 saturated heterocycles. The van der Waals surface area contributed by atoms with E-state index in [0.717, 1.165) is 13.0 Å². The molecule has 0 amide bonds. The highest BCUT2D eigenvalue weighted by atomic mass is 35.5. The fourth-order valence-electron chi connectivity index (χ4n) is 1.95. The maximum atomic E-state index is 5.83. The predicted octanol–water partition coefficient (Wildman–Crippen LogP) is 4.26. The molecule has 0 saturated carbocycles. The first-order chi connectivity index (χ1) is 8.25. The number of anilines is 1. The Labute approximate surface area is 109 Å². The Morgan fingerprint density at radius 1 is 1.12 bits per heavy atom. The maximum absolute atomic E-state index is 5.83. The molecule has 98 valence electrons. The number of nitrogens with zero attached hydrogens (tertiary/aromatic N) is 2. The molecule has 0 fully saturated rings. The van der Waals surface area contributed by atoms with E-state index in [1.165, 1.54) is 44.9 Å². The summed E-state index contributed by atoms with van der Waals surface area (Å²) in [7, 11) is 0. The molecule has 4 heteroatoms. The van der Waals surface area contributed by atoms with Crippen LogP contribution in [0.3, 0.4) is 0 Å². The number of hydrogen-bond donors (Lipinski definition) is 1. The molecule has 17 heavy (non-hydrogen) atoms. The number of nitrogens with two attached hydrogens (primary N) is 1. The van der Waals surface area contributed by atoms with Gasteiger partial charge >= 0.3 is 0 Å². The van der Waals surface area contributed by atoms with Crippen LogP contribution in [0.2, 0.25) is 5.02 Å². The smallest absolute Gasteiger partial charge is 0.140 e. The molecule has 0 spiro atoms. The molecule has 2 N–H and O–H groups in total. The van der Waals surface area contributed by atoms with Gasteiger partial charge in [-0.1, -0.05) is 63.5 Å². The van der Waals surface area contributed by atoms with E-state index in [-0.39, 0.29) is 0 Å². The van der Waals surface area contributed by atoms with Crippen LogP contribution in [-0.2, 0) is 6.54 Å². The van der Waals surface area contributed by atoms with Gasteiger partial charge in [-0.05, 0) is 6.42 Å². The van der Waals surface area contributed by atoms with Crippen molar-refractivity contribution < 1.29 is 0 Å². The molecule has 1 aromatic rings. The Kier molecular flexibility index (Phi) is 7.10. The molecule has 0 aliphatic heterocycles.